The number of halogens is 2. The third kappa shape index (κ3) is 14.4. The van der Waals surface area contributed by atoms with Crippen LogP contribution in [0.15, 0.2) is 11.1 Å². The number of hydrogen-bond acceptors (Lipinski definition) is 3. The number of alkyl halides is 1. The van der Waals surface area contributed by atoms with Gasteiger partial charge < -0.3 is 9.84 Å². The predicted molar refractivity (Wildman–Crippen MR) is 104 cm³/mol. The number of ether oxygens (including phenoxy) is 1. The van der Waals surface area contributed by atoms with Crippen LogP contribution in [0, 0.1) is 35.5 Å². The van der Waals surface area contributed by atoms with Gasteiger partial charge in [-0.1, -0.05) is 55.5 Å². The molecule has 24 heavy (non-hydrogen) atoms. The zero-order valence-corrected chi connectivity index (χ0v) is 17.0. The van der Waals surface area contributed by atoms with Crippen LogP contribution >= 0.6 is 31.9 Å². The highest BCUT2D eigenvalue weighted by Crippen LogP contribution is 2.12. The molecule has 130 valence electrons. The van der Waals surface area contributed by atoms with Gasteiger partial charge in [-0.3, -0.25) is 4.79 Å². The van der Waals surface area contributed by atoms with Crippen LogP contribution in [0.4, 0.5) is 0 Å². The van der Waals surface area contributed by atoms with Crippen LogP contribution < -0.4 is 0 Å². The second-order valence-electron chi connectivity index (χ2n) is 4.83. The molecule has 0 radical (unpaired) electrons. The SMILES string of the molecule is COC(=O)CCCC#CC#C[C@@H](Br)[C@H](O)CCCCC#CC=CBr. The molecule has 0 aliphatic rings. The van der Waals surface area contributed by atoms with Gasteiger partial charge in [-0.25, -0.2) is 0 Å². The Labute approximate surface area is 161 Å². The quantitative estimate of drug-likeness (QED) is 0.260. The average Bonchev–Trinajstić information content (AvgIpc) is 2.59. The Morgan fingerprint density at radius 3 is 2.67 bits per heavy atom. The van der Waals surface area contributed by atoms with Crippen molar-refractivity contribution in [2.24, 2.45) is 0 Å². The fraction of sp³-hybridized carbons (Fsp3) is 0.526. The molecule has 0 aromatic carbocycles. The standard InChI is InChI=1S/C19H22Br2O3/c1-24-19(23)15-11-7-4-5-9-13-17(21)18(22)14-10-6-2-3-8-12-16-20/h12,16-18,22H,2,6-7,10-11,14-15H2,1H3/t17-,18-/m1/s1. The van der Waals surface area contributed by atoms with Gasteiger partial charge in [0, 0.05) is 19.3 Å². The van der Waals surface area contributed by atoms with E-state index in [4.69, 9.17) is 0 Å². The normalized spacial score (nSPS) is 12.0. The number of hydrogen-bond donors (Lipinski definition) is 1. The number of aliphatic hydroxyl groups excluding tert-OH is 1. The fourth-order valence-electron chi connectivity index (χ4n) is 1.61. The Morgan fingerprint density at radius 2 is 1.96 bits per heavy atom. The summed E-state index contributed by atoms with van der Waals surface area (Å²) in [6.07, 6.45) is 6.21. The van der Waals surface area contributed by atoms with Gasteiger partial charge in [0.2, 0.25) is 0 Å². The smallest absolute Gasteiger partial charge is 0.305 e. The van der Waals surface area contributed by atoms with E-state index >= 15 is 0 Å². The molecule has 3 nitrogen and oxygen atoms in total. The van der Waals surface area contributed by atoms with E-state index in [1.165, 1.54) is 7.11 Å². The monoisotopic (exact) mass is 456 g/mol. The second-order valence-corrected chi connectivity index (χ2v) is 6.34. The summed E-state index contributed by atoms with van der Waals surface area (Å²) in [5.74, 6) is 16.9. The largest absolute Gasteiger partial charge is 0.469 e. The van der Waals surface area contributed by atoms with Crippen LogP contribution in [0.3, 0.4) is 0 Å². The minimum atomic E-state index is -0.519. The van der Waals surface area contributed by atoms with Gasteiger partial charge in [0.25, 0.3) is 0 Å². The highest BCUT2D eigenvalue weighted by Gasteiger charge is 2.12. The van der Waals surface area contributed by atoms with Gasteiger partial charge in [0.1, 0.15) is 4.83 Å². The highest BCUT2D eigenvalue weighted by molar-refractivity contribution is 9.11. The van der Waals surface area contributed by atoms with Crippen molar-refractivity contribution in [3.05, 3.63) is 11.1 Å². The lowest BCUT2D eigenvalue weighted by Gasteiger charge is -2.11. The van der Waals surface area contributed by atoms with Crippen molar-refractivity contribution in [3.8, 4) is 35.5 Å². The Bertz CT molecular complexity index is 565. The summed E-state index contributed by atoms with van der Waals surface area (Å²) < 4.78 is 4.54. The van der Waals surface area contributed by atoms with Crippen molar-refractivity contribution < 1.29 is 14.6 Å². The molecular formula is C19H22Br2O3. The van der Waals surface area contributed by atoms with Crippen molar-refractivity contribution >= 4 is 37.8 Å². The Hall–Kier alpha value is -1.19. The van der Waals surface area contributed by atoms with E-state index in [1.54, 1.807) is 11.1 Å². The lowest BCUT2D eigenvalue weighted by Crippen LogP contribution is -2.18. The Morgan fingerprint density at radius 1 is 1.21 bits per heavy atom. The lowest BCUT2D eigenvalue weighted by atomic mass is 10.1. The summed E-state index contributed by atoms with van der Waals surface area (Å²) in [7, 11) is 1.37. The van der Waals surface area contributed by atoms with E-state index in [0.717, 1.165) is 19.3 Å². The van der Waals surface area contributed by atoms with Gasteiger partial charge in [-0.05, 0) is 48.6 Å². The molecule has 0 heterocycles. The number of unbranched alkanes of at least 4 members (excludes halogenated alkanes) is 3. The first-order chi connectivity index (χ1) is 11.6. The van der Waals surface area contributed by atoms with Crippen molar-refractivity contribution in [1.82, 2.24) is 0 Å². The first-order valence-electron chi connectivity index (χ1n) is 7.72. The van der Waals surface area contributed by atoms with E-state index in [2.05, 4.69) is 72.1 Å². The van der Waals surface area contributed by atoms with Crippen LogP contribution in [0.2, 0.25) is 0 Å². The third-order valence-electron chi connectivity index (χ3n) is 2.91. The number of methoxy groups -OCH3 is 1. The fourth-order valence-corrected chi connectivity index (χ4v) is 2.12. The average molecular weight is 458 g/mol. The van der Waals surface area contributed by atoms with E-state index in [9.17, 15) is 9.90 Å². The van der Waals surface area contributed by atoms with Crippen LogP contribution in [-0.2, 0) is 9.53 Å². The number of rotatable bonds is 8. The van der Waals surface area contributed by atoms with Crippen LogP contribution in [0.1, 0.15) is 44.9 Å². The molecule has 0 spiro atoms. The zero-order valence-electron chi connectivity index (χ0n) is 13.8. The van der Waals surface area contributed by atoms with Gasteiger partial charge in [0.05, 0.1) is 13.2 Å². The molecule has 5 heteroatoms. The van der Waals surface area contributed by atoms with Crippen LogP contribution in [0.25, 0.3) is 0 Å². The van der Waals surface area contributed by atoms with E-state index < -0.39 is 6.10 Å². The molecule has 0 aromatic heterocycles. The molecule has 0 aromatic rings. The molecule has 0 saturated heterocycles. The summed E-state index contributed by atoms with van der Waals surface area (Å²) in [5.41, 5.74) is 0. The van der Waals surface area contributed by atoms with E-state index in [1.807, 2.05) is 0 Å². The maximum atomic E-state index is 10.9. The summed E-state index contributed by atoms with van der Waals surface area (Å²) in [6, 6.07) is 0. The van der Waals surface area contributed by atoms with E-state index in [0.29, 0.717) is 25.7 Å². The minimum absolute atomic E-state index is 0.225. The molecule has 0 amide bonds. The summed E-state index contributed by atoms with van der Waals surface area (Å²) in [5, 5.41) is 9.99. The summed E-state index contributed by atoms with van der Waals surface area (Å²) in [4.78, 5) is 12.3. The molecule has 0 bridgehead atoms. The molecule has 0 saturated carbocycles. The minimum Gasteiger partial charge on any atom is -0.469 e. The number of allylic oxidation sites excluding steroid dienone is 1. The van der Waals surface area contributed by atoms with Gasteiger partial charge in [0.15, 0.2) is 0 Å². The molecule has 2 atom stereocenters. The van der Waals surface area contributed by atoms with Gasteiger partial charge in [-0.2, -0.15) is 0 Å². The first-order valence-corrected chi connectivity index (χ1v) is 9.56. The number of carbonyl (C=O) groups excluding carboxylic acids is 1. The number of carbonyl (C=O) groups is 1. The molecule has 0 aliphatic carbocycles. The van der Waals surface area contributed by atoms with Gasteiger partial charge in [-0.15, -0.1) is 0 Å². The third-order valence-corrected chi connectivity index (χ3v) is 4.01. The zero-order chi connectivity index (χ0) is 18.0. The van der Waals surface area contributed by atoms with Crippen molar-refractivity contribution in [1.29, 1.82) is 0 Å². The second kappa shape index (κ2) is 16.7. The Balaban J connectivity index is 3.89. The topological polar surface area (TPSA) is 46.5 Å². The highest BCUT2D eigenvalue weighted by atomic mass is 79.9. The Kier molecular flexibility index (Phi) is 15.8. The van der Waals surface area contributed by atoms with Gasteiger partial charge >= 0.3 is 5.97 Å². The van der Waals surface area contributed by atoms with Crippen molar-refractivity contribution in [3.63, 3.8) is 0 Å². The molecule has 0 aliphatic heterocycles. The molecule has 0 rings (SSSR count). The van der Waals surface area contributed by atoms with E-state index in [-0.39, 0.29) is 10.8 Å². The van der Waals surface area contributed by atoms with Crippen molar-refractivity contribution in [2.45, 2.75) is 55.9 Å². The maximum Gasteiger partial charge on any atom is 0.305 e. The van der Waals surface area contributed by atoms with Crippen LogP contribution in [-0.4, -0.2) is 29.1 Å². The molecule has 0 fully saturated rings. The van der Waals surface area contributed by atoms with Crippen LogP contribution in [0.5, 0.6) is 0 Å². The molecular weight excluding hydrogens is 436 g/mol. The predicted octanol–water partition coefficient (Wildman–Crippen LogP) is 3.93. The molecule has 0 unspecified atom stereocenters. The number of aliphatic hydroxyl groups is 1. The summed E-state index contributed by atoms with van der Waals surface area (Å²) >= 11 is 6.51. The first kappa shape index (κ1) is 22.8. The number of esters is 1. The molecule has 1 N–H and O–H groups in total. The lowest BCUT2D eigenvalue weighted by molar-refractivity contribution is -0.140. The maximum absolute atomic E-state index is 10.9. The summed E-state index contributed by atoms with van der Waals surface area (Å²) in [6.45, 7) is 0. The van der Waals surface area contributed by atoms with Crippen molar-refractivity contribution in [2.75, 3.05) is 7.11 Å².